The van der Waals surface area contributed by atoms with Crippen LogP contribution in [0.25, 0.3) is 11.4 Å². The van der Waals surface area contributed by atoms with Crippen molar-refractivity contribution in [1.82, 2.24) is 14.8 Å². The number of hydrogen-bond donors (Lipinski definition) is 1. The number of aromatic nitrogens is 3. The molecular formula is C19H18F2N4O2S. The van der Waals surface area contributed by atoms with Gasteiger partial charge in [0.05, 0.1) is 17.1 Å². The van der Waals surface area contributed by atoms with Gasteiger partial charge >= 0.3 is 0 Å². The number of carbonyl (C=O) groups is 1. The number of allylic oxidation sites excluding steroid dienone is 1. The quantitative estimate of drug-likeness (QED) is 0.466. The highest BCUT2D eigenvalue weighted by atomic mass is 32.2. The molecule has 6 nitrogen and oxygen atoms in total. The molecule has 1 N–H and O–H groups in total. The number of halogens is 2. The second-order valence-electron chi connectivity index (χ2n) is 5.94. The molecule has 0 radical (unpaired) electrons. The standard InChI is InChI=1S/C19H18F2N4O2S/c1-4-9-25-17(13-8-10-27-11(13)2)23-24-19(25)28-12(3)18(26)22-16-14(20)6-5-7-15(16)21/h4-8,10,12H,1,9H2,2-3H3,(H,22,26). The number of nitrogens with one attached hydrogen (secondary N) is 1. The number of para-hydroxylation sites is 1. The van der Waals surface area contributed by atoms with Gasteiger partial charge in [-0.3, -0.25) is 9.36 Å². The van der Waals surface area contributed by atoms with E-state index in [4.69, 9.17) is 4.42 Å². The molecule has 3 aromatic rings. The molecule has 1 unspecified atom stereocenters. The molecule has 0 saturated heterocycles. The third kappa shape index (κ3) is 3.99. The van der Waals surface area contributed by atoms with E-state index in [1.807, 2.05) is 6.92 Å². The molecule has 9 heteroatoms. The molecule has 0 fully saturated rings. The molecular weight excluding hydrogens is 386 g/mol. The van der Waals surface area contributed by atoms with Crippen LogP contribution in [0.2, 0.25) is 0 Å². The highest BCUT2D eigenvalue weighted by Gasteiger charge is 2.23. The van der Waals surface area contributed by atoms with Crippen molar-refractivity contribution < 1.29 is 18.0 Å². The maximum absolute atomic E-state index is 13.8. The molecule has 0 bridgehead atoms. The summed E-state index contributed by atoms with van der Waals surface area (Å²) in [5.74, 6) is -0.948. The van der Waals surface area contributed by atoms with Crippen molar-refractivity contribution in [2.75, 3.05) is 5.32 Å². The molecule has 0 aliphatic heterocycles. The van der Waals surface area contributed by atoms with Crippen LogP contribution in [0, 0.1) is 18.6 Å². The van der Waals surface area contributed by atoms with Crippen molar-refractivity contribution in [3.8, 4) is 11.4 Å². The largest absolute Gasteiger partial charge is 0.469 e. The minimum absolute atomic E-state index is 0.422. The van der Waals surface area contributed by atoms with Crippen LogP contribution in [0.1, 0.15) is 12.7 Å². The maximum Gasteiger partial charge on any atom is 0.237 e. The molecule has 3 rings (SSSR count). The SMILES string of the molecule is C=CCn1c(SC(C)C(=O)Nc2c(F)cccc2F)nnc1-c1ccoc1C. The lowest BCUT2D eigenvalue weighted by atomic mass is 10.2. The Hall–Kier alpha value is -2.94. The van der Waals surface area contributed by atoms with E-state index >= 15 is 0 Å². The van der Waals surface area contributed by atoms with Crippen LogP contribution in [0.4, 0.5) is 14.5 Å². The number of rotatable bonds is 7. The first-order valence-corrected chi connectivity index (χ1v) is 9.30. The van der Waals surface area contributed by atoms with Gasteiger partial charge in [-0.15, -0.1) is 16.8 Å². The number of furan rings is 1. The Morgan fingerprint density at radius 1 is 1.36 bits per heavy atom. The summed E-state index contributed by atoms with van der Waals surface area (Å²) < 4.78 is 34.6. The Bertz CT molecular complexity index is 995. The first-order valence-electron chi connectivity index (χ1n) is 8.42. The Balaban J connectivity index is 1.81. The van der Waals surface area contributed by atoms with Crippen LogP contribution in [-0.4, -0.2) is 25.9 Å². The summed E-state index contributed by atoms with van der Waals surface area (Å²) in [7, 11) is 0. The molecule has 28 heavy (non-hydrogen) atoms. The monoisotopic (exact) mass is 404 g/mol. The fourth-order valence-electron chi connectivity index (χ4n) is 2.54. The van der Waals surface area contributed by atoms with Gasteiger partial charge in [0, 0.05) is 6.54 Å². The maximum atomic E-state index is 13.8. The number of thioether (sulfide) groups is 1. The zero-order chi connectivity index (χ0) is 20.3. The Kier molecular flexibility index (Phi) is 5.93. The van der Waals surface area contributed by atoms with E-state index in [0.717, 1.165) is 29.5 Å². The van der Waals surface area contributed by atoms with Crippen LogP contribution in [0.15, 0.2) is 52.8 Å². The van der Waals surface area contributed by atoms with Crippen molar-refractivity contribution in [1.29, 1.82) is 0 Å². The smallest absolute Gasteiger partial charge is 0.237 e. The summed E-state index contributed by atoms with van der Waals surface area (Å²) in [4.78, 5) is 12.4. The zero-order valence-electron chi connectivity index (χ0n) is 15.3. The number of nitrogens with zero attached hydrogens (tertiary/aromatic N) is 3. The highest BCUT2D eigenvalue weighted by molar-refractivity contribution is 8.00. The molecule has 1 amide bonds. The molecule has 146 valence electrons. The first kappa shape index (κ1) is 19.8. The van der Waals surface area contributed by atoms with Crippen LogP contribution in [0.3, 0.4) is 0 Å². The van der Waals surface area contributed by atoms with Gasteiger partial charge in [0.15, 0.2) is 11.0 Å². The van der Waals surface area contributed by atoms with Gasteiger partial charge in [-0.2, -0.15) is 0 Å². The predicted octanol–water partition coefficient (Wildman–Crippen LogP) is 4.43. The number of anilines is 1. The van der Waals surface area contributed by atoms with Gasteiger partial charge in [0.1, 0.15) is 23.1 Å². The third-order valence-corrected chi connectivity index (χ3v) is 5.07. The van der Waals surface area contributed by atoms with Crippen LogP contribution in [0.5, 0.6) is 0 Å². The lowest BCUT2D eigenvalue weighted by Gasteiger charge is -2.13. The summed E-state index contributed by atoms with van der Waals surface area (Å²) in [6, 6.07) is 5.17. The minimum Gasteiger partial charge on any atom is -0.469 e. The van der Waals surface area contributed by atoms with E-state index in [2.05, 4.69) is 22.1 Å². The molecule has 0 aliphatic carbocycles. The summed E-state index contributed by atoms with van der Waals surface area (Å²) in [5, 5.41) is 10.4. The topological polar surface area (TPSA) is 73.0 Å². The fraction of sp³-hybridized carbons (Fsp3) is 0.211. The number of carbonyl (C=O) groups excluding carboxylic acids is 1. The van der Waals surface area contributed by atoms with Crippen molar-refractivity contribution in [3.05, 3.63) is 60.6 Å². The molecule has 2 aromatic heterocycles. The number of benzene rings is 1. The van der Waals surface area contributed by atoms with Crippen molar-refractivity contribution in [2.24, 2.45) is 0 Å². The number of amides is 1. The lowest BCUT2D eigenvalue weighted by Crippen LogP contribution is -2.24. The van der Waals surface area contributed by atoms with Crippen LogP contribution >= 0.6 is 11.8 Å². The van der Waals surface area contributed by atoms with Gasteiger partial charge in [-0.25, -0.2) is 8.78 Å². The van der Waals surface area contributed by atoms with E-state index in [9.17, 15) is 13.6 Å². The van der Waals surface area contributed by atoms with E-state index in [-0.39, 0.29) is 0 Å². The summed E-state index contributed by atoms with van der Waals surface area (Å²) >= 11 is 1.13. The van der Waals surface area contributed by atoms with Gasteiger partial charge in [0.2, 0.25) is 5.91 Å². The summed E-state index contributed by atoms with van der Waals surface area (Å²) in [6.07, 6.45) is 3.25. The van der Waals surface area contributed by atoms with Crippen molar-refractivity contribution in [3.63, 3.8) is 0 Å². The van der Waals surface area contributed by atoms with Gasteiger partial charge in [-0.05, 0) is 32.0 Å². The van der Waals surface area contributed by atoms with Crippen molar-refractivity contribution >= 4 is 23.4 Å². The van der Waals surface area contributed by atoms with E-state index < -0.39 is 28.5 Å². The molecule has 1 atom stereocenters. The highest BCUT2D eigenvalue weighted by Crippen LogP contribution is 2.29. The second kappa shape index (κ2) is 8.39. The lowest BCUT2D eigenvalue weighted by molar-refractivity contribution is -0.115. The minimum atomic E-state index is -0.835. The zero-order valence-corrected chi connectivity index (χ0v) is 16.1. The predicted molar refractivity (Wildman–Crippen MR) is 103 cm³/mol. The van der Waals surface area contributed by atoms with Gasteiger partial charge < -0.3 is 9.73 Å². The average molecular weight is 404 g/mol. The molecule has 0 spiro atoms. The third-order valence-electron chi connectivity index (χ3n) is 3.99. The number of hydrogen-bond acceptors (Lipinski definition) is 5. The summed E-state index contributed by atoms with van der Waals surface area (Å²) in [6.45, 7) is 7.59. The van der Waals surface area contributed by atoms with Crippen LogP contribution in [-0.2, 0) is 11.3 Å². The summed E-state index contributed by atoms with van der Waals surface area (Å²) in [5.41, 5.74) is 0.314. The Morgan fingerprint density at radius 2 is 2.07 bits per heavy atom. The van der Waals surface area contributed by atoms with Gasteiger partial charge in [-0.1, -0.05) is 23.9 Å². The van der Waals surface area contributed by atoms with Crippen LogP contribution < -0.4 is 5.32 Å². The van der Waals surface area contributed by atoms with Crippen molar-refractivity contribution in [2.45, 2.75) is 30.8 Å². The van der Waals surface area contributed by atoms with E-state index in [1.54, 1.807) is 29.9 Å². The van der Waals surface area contributed by atoms with Gasteiger partial charge in [0.25, 0.3) is 0 Å². The fourth-order valence-corrected chi connectivity index (χ4v) is 3.40. The van der Waals surface area contributed by atoms with E-state index in [1.165, 1.54) is 6.07 Å². The molecule has 0 aliphatic rings. The second-order valence-corrected chi connectivity index (χ2v) is 7.25. The van der Waals surface area contributed by atoms with E-state index in [0.29, 0.717) is 23.3 Å². The normalized spacial score (nSPS) is 12.0. The first-order chi connectivity index (χ1) is 13.4. The Morgan fingerprint density at radius 3 is 2.68 bits per heavy atom. The number of aryl methyl sites for hydroxylation is 1. The molecule has 1 aromatic carbocycles. The molecule has 0 saturated carbocycles. The Labute approximate surface area is 164 Å². The molecule has 2 heterocycles. The average Bonchev–Trinajstić information content (AvgIpc) is 3.24.